The fourth-order valence-corrected chi connectivity index (χ4v) is 3.19. The van der Waals surface area contributed by atoms with Crippen LogP contribution in [0.2, 0.25) is 0 Å². The third-order valence-corrected chi connectivity index (χ3v) is 5.17. The van der Waals surface area contributed by atoms with Crippen molar-refractivity contribution in [1.29, 1.82) is 0 Å². The van der Waals surface area contributed by atoms with E-state index in [0.29, 0.717) is 0 Å². The van der Waals surface area contributed by atoms with Gasteiger partial charge >= 0.3 is 0 Å². The Labute approximate surface area is 249 Å². The average Bonchev–Trinajstić information content (AvgIpc) is 2.97. The Balaban J connectivity index is -0.000000647. The lowest BCUT2D eigenvalue weighted by molar-refractivity contribution is 0.516. The van der Waals surface area contributed by atoms with E-state index in [0.717, 1.165) is 28.2 Å². The van der Waals surface area contributed by atoms with Crippen LogP contribution in [0.5, 0.6) is 0 Å². The second-order valence-corrected chi connectivity index (χ2v) is 9.30. The van der Waals surface area contributed by atoms with E-state index in [1.807, 2.05) is 86.6 Å². The highest BCUT2D eigenvalue weighted by molar-refractivity contribution is 5.72. The first kappa shape index (κ1) is 41.0. The summed E-state index contributed by atoms with van der Waals surface area (Å²) < 4.78 is 0. The number of nitrogens with two attached hydrogens (primary N) is 1. The second-order valence-electron chi connectivity index (χ2n) is 9.30. The molecular weight excluding hydrogens is 484 g/mol. The summed E-state index contributed by atoms with van der Waals surface area (Å²) in [6, 6.07) is 18.8. The van der Waals surface area contributed by atoms with E-state index in [-0.39, 0.29) is 5.41 Å². The first-order valence-corrected chi connectivity index (χ1v) is 14.7. The van der Waals surface area contributed by atoms with Gasteiger partial charge in [-0.15, -0.1) is 0 Å². The van der Waals surface area contributed by atoms with Crippen LogP contribution in [0.25, 0.3) is 16.8 Å². The van der Waals surface area contributed by atoms with Crippen LogP contribution in [0, 0.1) is 5.41 Å². The van der Waals surface area contributed by atoms with Gasteiger partial charge in [0, 0.05) is 17.1 Å². The molecule has 3 N–H and O–H groups in total. The Morgan fingerprint density at radius 3 is 1.77 bits per heavy atom. The fraction of sp³-hybridized carbons (Fsp3) is 0.368. The molecule has 2 aromatic rings. The van der Waals surface area contributed by atoms with Crippen LogP contribution in [0.15, 0.2) is 121 Å². The van der Waals surface area contributed by atoms with Gasteiger partial charge in [-0.3, -0.25) is 0 Å². The van der Waals surface area contributed by atoms with E-state index in [2.05, 4.69) is 107 Å². The molecule has 0 heterocycles. The zero-order valence-corrected chi connectivity index (χ0v) is 28.1. The van der Waals surface area contributed by atoms with E-state index in [4.69, 9.17) is 5.73 Å². The summed E-state index contributed by atoms with van der Waals surface area (Å²) in [5.74, 6) is 0. The van der Waals surface area contributed by atoms with Crippen LogP contribution < -0.4 is 11.1 Å². The van der Waals surface area contributed by atoms with Gasteiger partial charge in [-0.05, 0) is 73.1 Å². The summed E-state index contributed by atoms with van der Waals surface area (Å²) in [4.78, 5) is 0. The number of allylic oxidation sites excluding steroid dienone is 8. The zero-order valence-electron chi connectivity index (χ0n) is 28.1. The normalized spacial score (nSPS) is 11.3. The van der Waals surface area contributed by atoms with Gasteiger partial charge < -0.3 is 11.1 Å². The molecule has 2 rings (SSSR count). The Hall–Kier alpha value is -3.52. The molecule has 0 aliphatic rings. The standard InChI is InChI=1S/C21H25N.C11H17N.3C2H6/c1-5-19(21(2,3)4)15-20(22)18-13-9-12-17(14-18)16-10-7-6-8-11-16;1-6-7-8-10(4)11(5)12-9(2)3;3*1-2/h5-15H,22H2,1-4H3;6-8,12H,2,5H2,1,3-4H3;3*1-2H3/b19-5+,20-15-;7-6-,10-8+;;;. The number of hydrogen-bond acceptors (Lipinski definition) is 2. The molecule has 0 aliphatic carbocycles. The van der Waals surface area contributed by atoms with Crippen molar-refractivity contribution in [2.75, 3.05) is 0 Å². The Morgan fingerprint density at radius 1 is 0.800 bits per heavy atom. The number of hydrogen-bond donors (Lipinski definition) is 2. The molecule has 0 aliphatic heterocycles. The predicted octanol–water partition coefficient (Wildman–Crippen LogP) is 11.9. The van der Waals surface area contributed by atoms with Crippen molar-refractivity contribution in [1.82, 2.24) is 5.32 Å². The molecule has 0 saturated carbocycles. The average molecular weight is 545 g/mol. The molecule has 0 fully saturated rings. The molecule has 0 saturated heterocycles. The van der Waals surface area contributed by atoms with Crippen LogP contribution in [-0.4, -0.2) is 0 Å². The Bertz CT molecular complexity index is 1070. The van der Waals surface area contributed by atoms with Gasteiger partial charge in [0.2, 0.25) is 0 Å². The number of benzene rings is 2. The number of nitrogens with one attached hydrogen (secondary N) is 1. The summed E-state index contributed by atoms with van der Waals surface area (Å²) in [5.41, 5.74) is 14.9. The fourth-order valence-electron chi connectivity index (χ4n) is 3.19. The maximum absolute atomic E-state index is 6.34. The minimum atomic E-state index is 0.0937. The molecule has 0 aromatic heterocycles. The third-order valence-electron chi connectivity index (χ3n) is 5.17. The maximum atomic E-state index is 6.34. The summed E-state index contributed by atoms with van der Waals surface area (Å²) >= 11 is 0. The van der Waals surface area contributed by atoms with Crippen molar-refractivity contribution in [2.45, 2.75) is 90.0 Å². The number of rotatable bonds is 7. The van der Waals surface area contributed by atoms with E-state index in [1.54, 1.807) is 0 Å². The van der Waals surface area contributed by atoms with Crippen molar-refractivity contribution in [2.24, 2.45) is 11.1 Å². The van der Waals surface area contributed by atoms with E-state index >= 15 is 0 Å². The maximum Gasteiger partial charge on any atom is 0.0390 e. The zero-order chi connectivity index (χ0) is 31.7. The van der Waals surface area contributed by atoms with E-state index in [1.165, 1.54) is 16.7 Å². The quantitative estimate of drug-likeness (QED) is 0.340. The molecular formula is C38H60N2. The SMILES string of the molecule is C/C=C(\C=C(/N)c1cccc(-c2ccccc2)c1)C(C)(C)C.C=C(C)NC(=C)/C(C)=C/C=C\C.CC.CC.CC. The molecule has 40 heavy (non-hydrogen) atoms. The molecule has 2 heteroatoms. The summed E-state index contributed by atoms with van der Waals surface area (Å²) in [5, 5.41) is 3.06. The van der Waals surface area contributed by atoms with E-state index < -0.39 is 0 Å². The minimum Gasteiger partial charge on any atom is -0.398 e. The van der Waals surface area contributed by atoms with Gasteiger partial charge in [0.1, 0.15) is 0 Å². The van der Waals surface area contributed by atoms with Crippen LogP contribution >= 0.6 is 0 Å². The predicted molar refractivity (Wildman–Crippen MR) is 187 cm³/mol. The van der Waals surface area contributed by atoms with E-state index in [9.17, 15) is 0 Å². The summed E-state index contributed by atoms with van der Waals surface area (Å²) in [7, 11) is 0. The second kappa shape index (κ2) is 24.5. The third kappa shape index (κ3) is 17.9. The molecule has 2 aromatic carbocycles. The lowest BCUT2D eigenvalue weighted by Crippen LogP contribution is -2.09. The van der Waals surface area contributed by atoms with Crippen LogP contribution in [0.4, 0.5) is 0 Å². The lowest BCUT2D eigenvalue weighted by atomic mass is 9.85. The minimum absolute atomic E-state index is 0.0937. The van der Waals surface area contributed by atoms with Crippen molar-refractivity contribution >= 4 is 5.70 Å². The van der Waals surface area contributed by atoms with Crippen molar-refractivity contribution in [3.63, 3.8) is 0 Å². The van der Waals surface area contributed by atoms with Gasteiger partial charge in [-0.25, -0.2) is 0 Å². The van der Waals surface area contributed by atoms with Crippen LogP contribution in [-0.2, 0) is 0 Å². The van der Waals surface area contributed by atoms with Gasteiger partial charge in [0.25, 0.3) is 0 Å². The molecule has 0 spiro atoms. The topological polar surface area (TPSA) is 38.0 Å². The Morgan fingerprint density at radius 2 is 1.32 bits per heavy atom. The molecule has 0 amide bonds. The highest BCUT2D eigenvalue weighted by atomic mass is 14.9. The van der Waals surface area contributed by atoms with Crippen LogP contribution in [0.1, 0.15) is 95.6 Å². The first-order valence-electron chi connectivity index (χ1n) is 14.7. The van der Waals surface area contributed by atoms with Crippen molar-refractivity contribution < 1.29 is 0 Å². The molecule has 2 nitrogen and oxygen atoms in total. The van der Waals surface area contributed by atoms with Crippen LogP contribution in [0.3, 0.4) is 0 Å². The van der Waals surface area contributed by atoms with Gasteiger partial charge in [0.05, 0.1) is 0 Å². The van der Waals surface area contributed by atoms with Crippen molar-refractivity contribution in [3.8, 4) is 11.1 Å². The molecule has 222 valence electrons. The monoisotopic (exact) mass is 544 g/mol. The highest BCUT2D eigenvalue weighted by Crippen LogP contribution is 2.29. The lowest BCUT2D eigenvalue weighted by Gasteiger charge is -2.21. The molecule has 0 radical (unpaired) electrons. The summed E-state index contributed by atoms with van der Waals surface area (Å²) in [6.07, 6.45) is 10.2. The summed E-state index contributed by atoms with van der Waals surface area (Å²) in [6.45, 7) is 34.2. The highest BCUT2D eigenvalue weighted by Gasteiger charge is 2.14. The van der Waals surface area contributed by atoms with Gasteiger partial charge in [-0.2, -0.15) is 0 Å². The first-order chi connectivity index (χ1) is 19.0. The molecule has 0 unspecified atom stereocenters. The van der Waals surface area contributed by atoms with Crippen molar-refractivity contribution in [3.05, 3.63) is 126 Å². The smallest absolute Gasteiger partial charge is 0.0390 e. The van der Waals surface area contributed by atoms with Gasteiger partial charge in [-0.1, -0.05) is 148 Å². The molecule has 0 atom stereocenters. The molecule has 0 bridgehead atoms. The Kier molecular flexibility index (Phi) is 25.1. The van der Waals surface area contributed by atoms with Gasteiger partial charge in [0.15, 0.2) is 0 Å². The largest absolute Gasteiger partial charge is 0.398 e.